The predicted octanol–water partition coefficient (Wildman–Crippen LogP) is 2.64. The molecule has 24 heavy (non-hydrogen) atoms. The van der Waals surface area contributed by atoms with Crippen LogP contribution in [0.1, 0.15) is 20.7 Å². The molecule has 1 N–H and O–H groups in total. The smallest absolute Gasteiger partial charge is 0.325 e. The number of halogens is 2. The highest BCUT2D eigenvalue weighted by atomic mass is 35.5. The molecule has 1 amide bonds. The van der Waals surface area contributed by atoms with Gasteiger partial charge < -0.3 is 10.1 Å². The molecule has 2 aromatic rings. The van der Waals surface area contributed by atoms with Crippen molar-refractivity contribution in [3.8, 4) is 0 Å². The molecule has 0 heterocycles. The second kappa shape index (κ2) is 8.21. The molecule has 5 nitrogen and oxygen atoms in total. The van der Waals surface area contributed by atoms with Gasteiger partial charge in [-0.3, -0.25) is 14.4 Å². The molecule has 0 fully saturated rings. The molecule has 2 rings (SSSR count). The van der Waals surface area contributed by atoms with Crippen LogP contribution in [0.25, 0.3) is 0 Å². The first-order valence-electron chi connectivity index (χ1n) is 6.94. The number of Topliss-reactive ketones (excluding diaryl/α,β-unsaturated/α-hetero) is 1. The van der Waals surface area contributed by atoms with E-state index in [0.29, 0.717) is 10.6 Å². The van der Waals surface area contributed by atoms with Gasteiger partial charge in [-0.1, -0.05) is 23.7 Å². The van der Waals surface area contributed by atoms with Crippen LogP contribution >= 0.6 is 11.6 Å². The number of hydrogen-bond acceptors (Lipinski definition) is 4. The average molecular weight is 350 g/mol. The van der Waals surface area contributed by atoms with E-state index in [-0.39, 0.29) is 5.56 Å². The lowest BCUT2D eigenvalue weighted by Gasteiger charge is -2.06. The first kappa shape index (κ1) is 17.6. The largest absolute Gasteiger partial charge is 0.456 e. The Hall–Kier alpha value is -2.73. The van der Waals surface area contributed by atoms with Crippen LogP contribution in [0.4, 0.5) is 4.39 Å². The van der Waals surface area contributed by atoms with Gasteiger partial charge in [0.1, 0.15) is 12.4 Å². The van der Waals surface area contributed by atoms with Crippen molar-refractivity contribution in [1.29, 1.82) is 0 Å². The van der Waals surface area contributed by atoms with Crippen LogP contribution in [0.5, 0.6) is 0 Å². The minimum atomic E-state index is -0.776. The highest BCUT2D eigenvalue weighted by Gasteiger charge is 2.12. The van der Waals surface area contributed by atoms with Crippen LogP contribution in [-0.4, -0.2) is 30.8 Å². The number of ketones is 1. The third-order valence-electron chi connectivity index (χ3n) is 3.01. The van der Waals surface area contributed by atoms with Crippen molar-refractivity contribution < 1.29 is 23.5 Å². The summed E-state index contributed by atoms with van der Waals surface area (Å²) < 4.78 is 17.8. The third-order valence-corrected chi connectivity index (χ3v) is 3.26. The second-order valence-electron chi connectivity index (χ2n) is 4.78. The summed E-state index contributed by atoms with van der Waals surface area (Å²) >= 11 is 5.71. The van der Waals surface area contributed by atoms with E-state index < -0.39 is 36.6 Å². The molecular formula is C17H13ClFNO4. The molecule has 124 valence electrons. The van der Waals surface area contributed by atoms with Crippen molar-refractivity contribution in [2.24, 2.45) is 0 Å². The normalized spacial score (nSPS) is 10.1. The molecule has 0 bridgehead atoms. The molecule has 0 saturated heterocycles. The van der Waals surface area contributed by atoms with E-state index in [0.717, 1.165) is 6.07 Å². The Morgan fingerprint density at radius 3 is 2.42 bits per heavy atom. The lowest BCUT2D eigenvalue weighted by molar-refractivity contribution is -0.141. The van der Waals surface area contributed by atoms with Gasteiger partial charge in [-0.15, -0.1) is 0 Å². The summed E-state index contributed by atoms with van der Waals surface area (Å²) in [4.78, 5) is 35.1. The van der Waals surface area contributed by atoms with E-state index in [2.05, 4.69) is 5.32 Å². The highest BCUT2D eigenvalue weighted by Crippen LogP contribution is 2.09. The summed E-state index contributed by atoms with van der Waals surface area (Å²) in [6.45, 7) is -0.920. The van der Waals surface area contributed by atoms with Gasteiger partial charge >= 0.3 is 5.97 Å². The molecule has 0 saturated carbocycles. The van der Waals surface area contributed by atoms with E-state index >= 15 is 0 Å². The molecule has 7 heteroatoms. The van der Waals surface area contributed by atoms with E-state index in [4.69, 9.17) is 16.3 Å². The highest BCUT2D eigenvalue weighted by molar-refractivity contribution is 6.30. The monoisotopic (exact) mass is 349 g/mol. The number of ether oxygens (including phenoxy) is 1. The molecule has 0 aliphatic rings. The second-order valence-corrected chi connectivity index (χ2v) is 5.22. The van der Waals surface area contributed by atoms with Gasteiger partial charge in [0.2, 0.25) is 0 Å². The summed E-state index contributed by atoms with van der Waals surface area (Å²) in [6.07, 6.45) is 0. The first-order valence-corrected chi connectivity index (χ1v) is 7.31. The van der Waals surface area contributed by atoms with Gasteiger partial charge in [0.15, 0.2) is 12.4 Å². The molecule has 0 aliphatic carbocycles. The fourth-order valence-corrected chi connectivity index (χ4v) is 1.92. The zero-order valence-electron chi connectivity index (χ0n) is 12.4. The van der Waals surface area contributed by atoms with Gasteiger partial charge in [0.05, 0.1) is 0 Å². The summed E-state index contributed by atoms with van der Waals surface area (Å²) in [7, 11) is 0. The predicted molar refractivity (Wildman–Crippen MR) is 85.5 cm³/mol. The Kier molecular flexibility index (Phi) is 6.03. The fourth-order valence-electron chi connectivity index (χ4n) is 1.80. The van der Waals surface area contributed by atoms with Crippen molar-refractivity contribution in [3.63, 3.8) is 0 Å². The van der Waals surface area contributed by atoms with Crippen molar-refractivity contribution in [1.82, 2.24) is 5.32 Å². The summed E-state index contributed by atoms with van der Waals surface area (Å²) in [5, 5.41) is 2.85. The maximum absolute atomic E-state index is 13.0. The van der Waals surface area contributed by atoms with Gasteiger partial charge in [0, 0.05) is 16.1 Å². The Morgan fingerprint density at radius 2 is 1.75 bits per heavy atom. The summed E-state index contributed by atoms with van der Waals surface area (Å²) in [6, 6.07) is 11.2. The van der Waals surface area contributed by atoms with Crippen molar-refractivity contribution >= 4 is 29.3 Å². The van der Waals surface area contributed by atoms with Gasteiger partial charge in [-0.2, -0.15) is 0 Å². The van der Waals surface area contributed by atoms with Crippen LogP contribution < -0.4 is 5.32 Å². The summed E-state index contributed by atoms with van der Waals surface area (Å²) in [5.74, 6) is -2.34. The maximum Gasteiger partial charge on any atom is 0.325 e. The number of nitrogens with one attached hydrogen (secondary N) is 1. The Balaban J connectivity index is 1.78. The van der Waals surface area contributed by atoms with Crippen molar-refractivity contribution in [3.05, 3.63) is 70.5 Å². The third kappa shape index (κ3) is 5.17. The van der Waals surface area contributed by atoms with E-state index in [1.165, 1.54) is 30.3 Å². The number of carbonyl (C=O) groups is 3. The molecule has 0 radical (unpaired) electrons. The quantitative estimate of drug-likeness (QED) is 0.642. The molecule has 0 spiro atoms. The molecule has 2 aromatic carbocycles. The average Bonchev–Trinajstić information content (AvgIpc) is 2.58. The standard InChI is InChI=1S/C17H13ClFNO4/c18-13-6-4-11(5-7-13)17(23)20-9-16(22)24-10-15(21)12-2-1-3-14(19)8-12/h1-8H,9-10H2,(H,20,23). The number of rotatable bonds is 6. The van der Waals surface area contributed by atoms with Gasteiger partial charge in [-0.05, 0) is 36.4 Å². The van der Waals surface area contributed by atoms with Crippen LogP contribution in [0, 0.1) is 5.82 Å². The molecule has 0 atom stereocenters. The SMILES string of the molecule is O=C(CNC(=O)c1ccc(Cl)cc1)OCC(=O)c1cccc(F)c1. The first-order chi connectivity index (χ1) is 11.5. The number of hydrogen-bond donors (Lipinski definition) is 1. The number of esters is 1. The minimum absolute atomic E-state index is 0.105. The topological polar surface area (TPSA) is 72.5 Å². The van der Waals surface area contributed by atoms with Gasteiger partial charge in [0.25, 0.3) is 5.91 Å². The fraction of sp³-hybridized carbons (Fsp3) is 0.118. The molecule has 0 aliphatic heterocycles. The Morgan fingerprint density at radius 1 is 1.04 bits per heavy atom. The zero-order valence-corrected chi connectivity index (χ0v) is 13.2. The molecular weight excluding hydrogens is 337 g/mol. The van der Waals surface area contributed by atoms with E-state index in [1.54, 1.807) is 12.1 Å². The van der Waals surface area contributed by atoms with Crippen LogP contribution in [0.15, 0.2) is 48.5 Å². The van der Waals surface area contributed by atoms with Gasteiger partial charge in [-0.25, -0.2) is 4.39 Å². The summed E-state index contributed by atoms with van der Waals surface area (Å²) in [5.41, 5.74) is 0.441. The number of carbonyl (C=O) groups excluding carboxylic acids is 3. The Labute approximate surface area is 142 Å². The number of amides is 1. The number of benzene rings is 2. The van der Waals surface area contributed by atoms with E-state index in [9.17, 15) is 18.8 Å². The lowest BCUT2D eigenvalue weighted by Crippen LogP contribution is -2.31. The zero-order chi connectivity index (χ0) is 17.5. The Bertz CT molecular complexity index is 761. The van der Waals surface area contributed by atoms with Crippen LogP contribution in [0.2, 0.25) is 5.02 Å². The van der Waals surface area contributed by atoms with Crippen LogP contribution in [0.3, 0.4) is 0 Å². The molecule has 0 unspecified atom stereocenters. The maximum atomic E-state index is 13.0. The molecule has 0 aromatic heterocycles. The lowest BCUT2D eigenvalue weighted by atomic mass is 10.1. The van der Waals surface area contributed by atoms with Crippen LogP contribution in [-0.2, 0) is 9.53 Å². The minimum Gasteiger partial charge on any atom is -0.456 e. The van der Waals surface area contributed by atoms with Crippen molar-refractivity contribution in [2.45, 2.75) is 0 Å². The van der Waals surface area contributed by atoms with Crippen molar-refractivity contribution in [2.75, 3.05) is 13.2 Å². The van der Waals surface area contributed by atoms with E-state index in [1.807, 2.05) is 0 Å².